The van der Waals surface area contributed by atoms with E-state index < -0.39 is 108 Å². The maximum atomic E-state index is 14.8. The van der Waals surface area contributed by atoms with Crippen LogP contribution in [0.5, 0.6) is 0 Å². The minimum absolute atomic E-state index is 0.0345. The van der Waals surface area contributed by atoms with Crippen molar-refractivity contribution >= 4 is 47.3 Å². The van der Waals surface area contributed by atoms with Crippen LogP contribution in [-0.4, -0.2) is 164 Å². The number of piperidine rings is 1. The number of carbonyl (C=O) groups is 8. The van der Waals surface area contributed by atoms with Crippen molar-refractivity contribution in [1.82, 2.24) is 4.90 Å². The molecule has 3 fully saturated rings. The number of Topliss-reactive ketones (excluding diaryl/α,β-unsaturated/α-hetero) is 2. The molecule has 608 valence electrons. The zero-order chi connectivity index (χ0) is 77.7. The average molecular weight is 1500 g/mol. The summed E-state index contributed by atoms with van der Waals surface area (Å²) in [4.78, 5) is 112. The molecule has 1 amide bonds. The van der Waals surface area contributed by atoms with Crippen molar-refractivity contribution in [2.45, 2.75) is 392 Å². The minimum atomic E-state index is -2.57. The molecule has 0 aromatic carbocycles. The van der Waals surface area contributed by atoms with Crippen molar-refractivity contribution in [2.24, 2.45) is 29.6 Å². The Morgan fingerprint density at radius 1 is 0.613 bits per heavy atom. The van der Waals surface area contributed by atoms with Crippen LogP contribution in [0.3, 0.4) is 0 Å². The lowest BCUT2D eigenvalue weighted by Gasteiger charge is -2.47. The fraction of sp³-hybridized carbons (Fsp3) is 0.837. The Kier molecular flexibility index (Phi) is 47.5. The van der Waals surface area contributed by atoms with Crippen molar-refractivity contribution < 1.29 is 91.2 Å². The number of ketones is 2. The maximum Gasteiger partial charge on any atom is 0.329 e. The lowest BCUT2D eigenvalue weighted by atomic mass is 9.81. The van der Waals surface area contributed by atoms with Gasteiger partial charge in [-0.25, -0.2) is 4.79 Å². The smallest absolute Gasteiger partial charge is 0.329 e. The highest BCUT2D eigenvalue weighted by Crippen LogP contribution is 2.40. The molecule has 20 heteroatoms. The van der Waals surface area contributed by atoms with Gasteiger partial charge in [-0.15, -0.1) is 6.58 Å². The summed E-state index contributed by atoms with van der Waals surface area (Å²) >= 11 is 0. The Labute approximate surface area is 638 Å². The second kappa shape index (κ2) is 53.9. The number of amides is 1. The van der Waals surface area contributed by atoms with Gasteiger partial charge in [0, 0.05) is 77.7 Å². The van der Waals surface area contributed by atoms with Gasteiger partial charge in [0.15, 0.2) is 6.10 Å². The van der Waals surface area contributed by atoms with Gasteiger partial charge >= 0.3 is 29.8 Å². The van der Waals surface area contributed by atoms with Crippen molar-refractivity contribution in [1.29, 1.82) is 0 Å². The number of esters is 5. The molecule has 0 aromatic heterocycles. The normalized spacial score (nSPS) is 27.3. The predicted molar refractivity (Wildman–Crippen MR) is 412 cm³/mol. The summed E-state index contributed by atoms with van der Waals surface area (Å²) in [6.07, 6.45) is 35.9. The highest BCUT2D eigenvalue weighted by molar-refractivity contribution is 6.39. The summed E-state index contributed by atoms with van der Waals surface area (Å²) in [7, 11) is 4.59. The third-order valence-electron chi connectivity index (χ3n) is 22.5. The van der Waals surface area contributed by atoms with E-state index in [1.165, 1.54) is 135 Å². The predicted octanol–water partition coefficient (Wildman–Crippen LogP) is 17.1. The molecule has 20 nitrogen and oxygen atoms in total. The number of hydrogen-bond acceptors (Lipinski definition) is 19. The molecule has 4 aliphatic rings. The molecule has 14 atom stereocenters. The molecular formula is C86H145NO19. The van der Waals surface area contributed by atoms with Crippen LogP contribution >= 0.6 is 0 Å². The van der Waals surface area contributed by atoms with Crippen molar-refractivity contribution in [3.05, 3.63) is 36.0 Å². The zero-order valence-corrected chi connectivity index (χ0v) is 67.5. The number of fused-ring (bicyclic) bond motifs is 3. The van der Waals surface area contributed by atoms with E-state index in [1.807, 2.05) is 26.0 Å². The topological polar surface area (TPSA) is 263 Å². The van der Waals surface area contributed by atoms with Crippen LogP contribution < -0.4 is 0 Å². The summed E-state index contributed by atoms with van der Waals surface area (Å²) < 4.78 is 53.6. The Hall–Kier alpha value is -4.86. The molecule has 4 rings (SSSR count). The summed E-state index contributed by atoms with van der Waals surface area (Å²) in [5, 5.41) is 24.3. The Morgan fingerprint density at radius 3 is 1.60 bits per heavy atom. The van der Waals surface area contributed by atoms with Crippen molar-refractivity contribution in [3.63, 3.8) is 0 Å². The number of rotatable bonds is 47. The quantitative estimate of drug-likeness (QED) is 0.0188. The first-order valence-electron chi connectivity index (χ1n) is 42.0. The Balaban J connectivity index is 1.35. The number of ether oxygens (including phenoxy) is 9. The van der Waals surface area contributed by atoms with Crippen LogP contribution in [0.25, 0.3) is 0 Å². The molecule has 2 bridgehead atoms. The van der Waals surface area contributed by atoms with Gasteiger partial charge in [-0.3, -0.25) is 33.6 Å². The van der Waals surface area contributed by atoms with Gasteiger partial charge in [0.05, 0.1) is 24.4 Å². The van der Waals surface area contributed by atoms with Gasteiger partial charge in [-0.2, -0.15) is 0 Å². The molecule has 0 radical (unpaired) electrons. The molecule has 0 spiro atoms. The summed E-state index contributed by atoms with van der Waals surface area (Å²) in [6, 6.07) is -1.22. The van der Waals surface area contributed by atoms with E-state index in [1.54, 1.807) is 34.0 Å². The molecule has 0 aromatic rings. The van der Waals surface area contributed by atoms with Crippen molar-refractivity contribution in [3.8, 4) is 0 Å². The third-order valence-corrected chi connectivity index (χ3v) is 22.5. The molecule has 106 heavy (non-hydrogen) atoms. The van der Waals surface area contributed by atoms with Crippen LogP contribution in [0, 0.1) is 29.6 Å². The highest BCUT2D eigenvalue weighted by Gasteiger charge is 2.57. The second-order valence-electron chi connectivity index (χ2n) is 31.8. The lowest BCUT2D eigenvalue weighted by Crippen LogP contribution is -2.64. The summed E-state index contributed by atoms with van der Waals surface area (Å²) in [6.45, 7) is 17.1. The van der Waals surface area contributed by atoms with Crippen LogP contribution in [0.4, 0.5) is 0 Å². The molecule has 1 aliphatic carbocycles. The molecule has 2 saturated heterocycles. The van der Waals surface area contributed by atoms with E-state index >= 15 is 0 Å². The number of cyclic esters (lactones) is 1. The fourth-order valence-electron chi connectivity index (χ4n) is 15.9. The molecule has 3 aliphatic heterocycles. The second-order valence-corrected chi connectivity index (χ2v) is 31.8. The van der Waals surface area contributed by atoms with Gasteiger partial charge in [0.25, 0.3) is 11.7 Å². The van der Waals surface area contributed by atoms with E-state index in [9.17, 15) is 48.6 Å². The number of nitrogens with zero attached hydrogens (tertiary/aromatic N) is 1. The van der Waals surface area contributed by atoms with Gasteiger partial charge < -0.3 is 57.7 Å². The highest BCUT2D eigenvalue weighted by atomic mass is 16.7. The maximum absolute atomic E-state index is 14.8. The monoisotopic (exact) mass is 1500 g/mol. The first kappa shape index (κ1) is 93.5. The molecular weight excluding hydrogens is 1350 g/mol. The number of unbranched alkanes of at least 4 members (excludes halogenated alkanes) is 26. The SMILES string of the molecule is C=CC[C@@H]1/C=C(\C)C[C@H](C)C[C@H](OC)[C@H]2O[C@@](O)(C(=O)C(=O)N3CCCCC3C(=O)O[C@H](/C(C)=C/C3CC[C@@H](OC(=O)CCCCCC(=O)OC(COC(=O)CCCCCCCCCCCCCCC)COC(=O)CCCCCCCCCCCCCCC)[C@H](OC)C3)[C@H](C)[C@@H](O)CC1=O)[C@H](C)C[C@@H]2OC. The Bertz CT molecular complexity index is 2580. The number of hydrogen-bond donors (Lipinski definition) is 2. The Morgan fingerprint density at radius 2 is 1.09 bits per heavy atom. The van der Waals surface area contributed by atoms with Crippen LogP contribution in [0.15, 0.2) is 36.0 Å². The van der Waals surface area contributed by atoms with Crippen LogP contribution in [-0.2, 0) is 81.0 Å². The van der Waals surface area contributed by atoms with Gasteiger partial charge in [0.1, 0.15) is 43.4 Å². The summed E-state index contributed by atoms with van der Waals surface area (Å²) in [5.41, 5.74) is 1.51. The average Bonchev–Trinajstić information content (AvgIpc) is 0.777. The molecule has 2 N–H and O–H groups in total. The van der Waals surface area contributed by atoms with E-state index in [-0.39, 0.29) is 94.3 Å². The molecule has 1 saturated carbocycles. The standard InChI is InChI=1S/C86H145NO19/c1-12-15-17-19-21-23-25-27-29-31-33-35-38-46-77(90)101-60-69(61-102-78(91)47-39-36-34-32-30-28-26-24-22-20-18-16-13-2)103-79(92)48-40-37-41-49-80(93)104-73-51-50-67(58-74(73)98-9)56-64(6)81-66(8)71(88)59-72(89)68(44-14-3)54-62(4)53-63(5)55-75(99-10)82-76(100-11)57-65(7)86(97,106-82)83(94)84(95)87-52-43-42-45-70(87)85(96)105-81/h14,54,56,63,65-71,73-76,81-82,88,97H,3,12-13,15-53,55,57-61H2,1-2,4-11H3/b62-54+,64-56+/t63-,65+,66+,67?,68+,70?,71-,73+,74+,75-,76-,81+,82+,86+/m0/s1. The summed E-state index contributed by atoms with van der Waals surface area (Å²) in [5.74, 6) is -10.1. The number of aliphatic hydroxyl groups excluding tert-OH is 1. The number of carbonyl (C=O) groups excluding carboxylic acids is 8. The lowest BCUT2D eigenvalue weighted by molar-refractivity contribution is -0.302. The van der Waals surface area contributed by atoms with E-state index in [4.69, 9.17) is 42.6 Å². The first-order valence-corrected chi connectivity index (χ1v) is 42.0. The van der Waals surface area contributed by atoms with Gasteiger partial charge in [0.2, 0.25) is 5.79 Å². The fourth-order valence-corrected chi connectivity index (χ4v) is 15.9. The molecule has 3 heterocycles. The van der Waals surface area contributed by atoms with Crippen LogP contribution in [0.1, 0.15) is 331 Å². The minimum Gasteiger partial charge on any atom is -0.462 e. The number of aliphatic hydroxyl groups is 2. The van der Waals surface area contributed by atoms with E-state index in [0.29, 0.717) is 89.0 Å². The van der Waals surface area contributed by atoms with E-state index in [2.05, 4.69) is 20.4 Å². The van der Waals surface area contributed by atoms with Gasteiger partial charge in [-0.05, 0) is 121 Å². The largest absolute Gasteiger partial charge is 0.462 e. The van der Waals surface area contributed by atoms with E-state index in [0.717, 1.165) is 44.1 Å². The first-order chi connectivity index (χ1) is 51.0. The molecule has 2 unspecified atom stereocenters. The van der Waals surface area contributed by atoms with Crippen LogP contribution in [0.2, 0.25) is 0 Å². The van der Waals surface area contributed by atoms with Crippen molar-refractivity contribution in [2.75, 3.05) is 41.1 Å². The number of allylic oxidation sites excluding steroid dienone is 4. The van der Waals surface area contributed by atoms with Gasteiger partial charge in [-0.1, -0.05) is 219 Å². The third kappa shape index (κ3) is 35.0. The number of methoxy groups -OCH3 is 3. The zero-order valence-electron chi connectivity index (χ0n) is 67.5.